The molecule has 0 radical (unpaired) electrons. The van der Waals surface area contributed by atoms with E-state index >= 15 is 0 Å². The van der Waals surface area contributed by atoms with Crippen molar-refractivity contribution in [2.45, 2.75) is 0 Å². The van der Waals surface area contributed by atoms with E-state index in [1.165, 1.54) is 49.2 Å². The molecule has 76 heavy (non-hydrogen) atoms. The van der Waals surface area contributed by atoms with Crippen LogP contribution < -0.4 is 0 Å². The summed E-state index contributed by atoms with van der Waals surface area (Å²) in [6, 6.07) is 96.3. The standard InChI is InChI=1S/C70H44N6/c1-4-18-45(19-5-1)60-44-69(75-63-30-16-13-27-55(63)59-41-47(35-39-67(59)75)46-33-37-65-57(40-46)53-25-11-14-28-61(53)73(65)50-20-6-2-7-21-50)72-70(71-60)76-64-31-17-10-24-52(64)56-36-32-49(43-68(56)76)48-34-38-66-58(42-48)54-26-12-15-29-62(54)74(66)51-22-8-3-9-23-51/h1-44H. The summed E-state index contributed by atoms with van der Waals surface area (Å²) in [6.45, 7) is 0. The SMILES string of the molecule is c1ccc(-c2cc(-n3c4ccccc4c4cc(-c5ccc6c(c5)c5ccccc5n6-c5ccccc5)ccc43)nc(-n3c4ccccc4c4ccc(-c5ccc6c(c5)c5ccccc5n6-c5ccccc5)cc43)n2)cc1. The number of aromatic nitrogens is 6. The number of hydrogen-bond donors (Lipinski definition) is 0. The highest BCUT2D eigenvalue weighted by molar-refractivity contribution is 6.14. The fraction of sp³-hybridized carbons (Fsp3) is 0. The van der Waals surface area contributed by atoms with Crippen LogP contribution in [0.15, 0.2) is 267 Å². The van der Waals surface area contributed by atoms with E-state index in [1.807, 2.05) is 0 Å². The molecular formula is C70H44N6. The Hall–Kier alpha value is -10.3. The molecule has 6 nitrogen and oxygen atoms in total. The smallest absolute Gasteiger partial charge is 0.237 e. The molecule has 0 N–H and O–H groups in total. The molecule has 6 heteroatoms. The highest BCUT2D eigenvalue weighted by Crippen LogP contribution is 2.41. The zero-order valence-corrected chi connectivity index (χ0v) is 41.1. The van der Waals surface area contributed by atoms with Crippen molar-refractivity contribution in [2.24, 2.45) is 0 Å². The van der Waals surface area contributed by atoms with Crippen molar-refractivity contribution in [3.63, 3.8) is 0 Å². The average molecular weight is 969 g/mol. The molecule has 0 fully saturated rings. The second kappa shape index (κ2) is 16.6. The van der Waals surface area contributed by atoms with Crippen molar-refractivity contribution < 1.29 is 0 Å². The minimum atomic E-state index is 0.603. The first-order valence-corrected chi connectivity index (χ1v) is 25.9. The normalized spacial score (nSPS) is 11.9. The van der Waals surface area contributed by atoms with E-state index in [0.717, 1.165) is 88.8 Å². The lowest BCUT2D eigenvalue weighted by molar-refractivity contribution is 0.952. The van der Waals surface area contributed by atoms with Gasteiger partial charge in [-0.1, -0.05) is 170 Å². The molecule has 16 aromatic rings. The number of para-hydroxylation sites is 6. The molecule has 0 saturated carbocycles. The van der Waals surface area contributed by atoms with Crippen molar-refractivity contribution in [1.82, 2.24) is 28.2 Å². The number of nitrogens with zero attached hydrogens (tertiary/aromatic N) is 6. The summed E-state index contributed by atoms with van der Waals surface area (Å²) in [5.74, 6) is 1.40. The maximum absolute atomic E-state index is 5.63. The molecule has 0 saturated heterocycles. The summed E-state index contributed by atoms with van der Waals surface area (Å²) in [5, 5.41) is 9.51. The van der Waals surface area contributed by atoms with E-state index < -0.39 is 0 Å². The number of hydrogen-bond acceptors (Lipinski definition) is 2. The molecule has 0 aliphatic rings. The molecule has 0 aliphatic heterocycles. The maximum Gasteiger partial charge on any atom is 0.237 e. The van der Waals surface area contributed by atoms with Crippen LogP contribution in [0.3, 0.4) is 0 Å². The Bertz CT molecular complexity index is 4980. The van der Waals surface area contributed by atoms with Gasteiger partial charge in [0.05, 0.1) is 49.8 Å². The predicted octanol–water partition coefficient (Wildman–Crippen LogP) is 17.9. The van der Waals surface area contributed by atoms with Crippen LogP contribution in [-0.4, -0.2) is 28.2 Å². The highest BCUT2D eigenvalue weighted by atomic mass is 15.2. The van der Waals surface area contributed by atoms with Gasteiger partial charge in [-0.25, -0.2) is 4.98 Å². The topological polar surface area (TPSA) is 45.5 Å². The molecule has 11 aromatic carbocycles. The Morgan fingerprint density at radius 2 is 0.566 bits per heavy atom. The van der Waals surface area contributed by atoms with Crippen LogP contribution in [0.1, 0.15) is 0 Å². The van der Waals surface area contributed by atoms with Gasteiger partial charge in [0, 0.05) is 66.1 Å². The fourth-order valence-electron chi connectivity index (χ4n) is 12.2. The van der Waals surface area contributed by atoms with E-state index in [1.54, 1.807) is 0 Å². The van der Waals surface area contributed by atoms with Gasteiger partial charge >= 0.3 is 0 Å². The second-order valence-electron chi connectivity index (χ2n) is 19.8. The van der Waals surface area contributed by atoms with Crippen LogP contribution in [-0.2, 0) is 0 Å². The Labute approximate surface area is 436 Å². The monoisotopic (exact) mass is 968 g/mol. The summed E-state index contributed by atoms with van der Waals surface area (Å²) in [7, 11) is 0. The van der Waals surface area contributed by atoms with Crippen molar-refractivity contribution in [2.75, 3.05) is 0 Å². The van der Waals surface area contributed by atoms with Crippen LogP contribution in [0.5, 0.6) is 0 Å². The second-order valence-corrected chi connectivity index (χ2v) is 19.8. The lowest BCUT2D eigenvalue weighted by atomic mass is 10.0. The van der Waals surface area contributed by atoms with Gasteiger partial charge in [-0.3, -0.25) is 9.13 Å². The molecule has 354 valence electrons. The van der Waals surface area contributed by atoms with Crippen molar-refractivity contribution in [3.8, 4) is 56.7 Å². The lowest BCUT2D eigenvalue weighted by Gasteiger charge is -2.14. The van der Waals surface area contributed by atoms with Crippen molar-refractivity contribution >= 4 is 87.2 Å². The molecule has 5 heterocycles. The van der Waals surface area contributed by atoms with Crippen molar-refractivity contribution in [3.05, 3.63) is 267 Å². The molecule has 5 aromatic heterocycles. The number of benzene rings is 11. The third-order valence-corrected chi connectivity index (χ3v) is 15.6. The van der Waals surface area contributed by atoms with Gasteiger partial charge in [0.2, 0.25) is 5.95 Å². The van der Waals surface area contributed by atoms with Gasteiger partial charge in [0.25, 0.3) is 0 Å². The van der Waals surface area contributed by atoms with Gasteiger partial charge in [0.1, 0.15) is 5.82 Å². The molecule has 0 amide bonds. The summed E-state index contributed by atoms with van der Waals surface area (Å²) in [4.78, 5) is 11.1. The number of rotatable bonds is 7. The maximum atomic E-state index is 5.63. The average Bonchev–Trinajstić information content (AvgIpc) is 4.28. The van der Waals surface area contributed by atoms with E-state index in [0.29, 0.717) is 5.95 Å². The Kier molecular flexibility index (Phi) is 9.23. The van der Waals surface area contributed by atoms with Crippen LogP contribution in [0.25, 0.3) is 144 Å². The van der Waals surface area contributed by atoms with E-state index in [9.17, 15) is 0 Å². The Morgan fingerprint density at radius 3 is 1.07 bits per heavy atom. The van der Waals surface area contributed by atoms with E-state index in [-0.39, 0.29) is 0 Å². The van der Waals surface area contributed by atoms with E-state index in [4.69, 9.17) is 9.97 Å². The summed E-state index contributed by atoms with van der Waals surface area (Å²) in [6.07, 6.45) is 0. The quantitative estimate of drug-likeness (QED) is 0.160. The summed E-state index contributed by atoms with van der Waals surface area (Å²) in [5.41, 5.74) is 17.7. The molecule has 0 spiro atoms. The minimum Gasteiger partial charge on any atom is -0.309 e. The van der Waals surface area contributed by atoms with Gasteiger partial charge < -0.3 is 9.13 Å². The third kappa shape index (κ3) is 6.41. The largest absolute Gasteiger partial charge is 0.309 e. The Balaban J connectivity index is 0.879. The molecule has 0 atom stereocenters. The first kappa shape index (κ1) is 42.2. The zero-order chi connectivity index (χ0) is 49.8. The van der Waals surface area contributed by atoms with Gasteiger partial charge in [-0.05, 0) is 113 Å². The molecule has 0 aliphatic carbocycles. The lowest BCUT2D eigenvalue weighted by Crippen LogP contribution is -2.07. The highest BCUT2D eigenvalue weighted by Gasteiger charge is 2.22. The molecule has 0 unspecified atom stereocenters. The van der Waals surface area contributed by atoms with Crippen LogP contribution >= 0.6 is 0 Å². The first-order chi connectivity index (χ1) is 37.7. The van der Waals surface area contributed by atoms with E-state index in [2.05, 4.69) is 285 Å². The molecule has 16 rings (SSSR count). The van der Waals surface area contributed by atoms with Crippen LogP contribution in [0.2, 0.25) is 0 Å². The first-order valence-electron chi connectivity index (χ1n) is 25.9. The fourth-order valence-corrected chi connectivity index (χ4v) is 12.2. The van der Waals surface area contributed by atoms with Gasteiger partial charge in [-0.2, -0.15) is 4.98 Å². The van der Waals surface area contributed by atoms with Crippen molar-refractivity contribution in [1.29, 1.82) is 0 Å². The van der Waals surface area contributed by atoms with Gasteiger partial charge in [0.15, 0.2) is 0 Å². The predicted molar refractivity (Wildman–Crippen MR) is 316 cm³/mol. The molecular weight excluding hydrogens is 925 g/mol. The Morgan fingerprint density at radius 1 is 0.211 bits per heavy atom. The zero-order valence-electron chi connectivity index (χ0n) is 41.1. The summed E-state index contributed by atoms with van der Waals surface area (Å²) < 4.78 is 9.33. The number of fused-ring (bicyclic) bond motifs is 12. The molecule has 0 bridgehead atoms. The third-order valence-electron chi connectivity index (χ3n) is 15.6. The van der Waals surface area contributed by atoms with Crippen LogP contribution in [0.4, 0.5) is 0 Å². The minimum absolute atomic E-state index is 0.603. The van der Waals surface area contributed by atoms with Crippen LogP contribution in [0, 0.1) is 0 Å². The van der Waals surface area contributed by atoms with Gasteiger partial charge in [-0.15, -0.1) is 0 Å². The summed E-state index contributed by atoms with van der Waals surface area (Å²) >= 11 is 0.